The van der Waals surface area contributed by atoms with Crippen molar-refractivity contribution in [1.29, 1.82) is 0 Å². The molecule has 2 amide bonds. The number of halogens is 3. The largest absolute Gasteiger partial charge is 0.497 e. The van der Waals surface area contributed by atoms with Crippen LogP contribution in [0.5, 0.6) is 11.5 Å². The number of hydrogen-bond acceptors (Lipinski definition) is 4. The van der Waals surface area contributed by atoms with E-state index in [9.17, 15) is 22.8 Å². The average Bonchev–Trinajstić information content (AvgIpc) is 2.48. The van der Waals surface area contributed by atoms with Gasteiger partial charge >= 0.3 is 12.1 Å². The lowest BCUT2D eigenvalue weighted by molar-refractivity contribution is -0.173. The van der Waals surface area contributed by atoms with Crippen LogP contribution in [-0.4, -0.2) is 44.8 Å². The van der Waals surface area contributed by atoms with Crippen molar-refractivity contribution >= 4 is 11.8 Å². The number of methoxy groups -OCH3 is 1. The molecule has 2 N–H and O–H groups in total. The van der Waals surface area contributed by atoms with Crippen molar-refractivity contribution in [2.75, 3.05) is 26.8 Å². The molecule has 0 atom stereocenters. The molecule has 0 fully saturated rings. The third kappa shape index (κ3) is 6.33. The molecule has 22 heavy (non-hydrogen) atoms. The van der Waals surface area contributed by atoms with E-state index in [1.165, 1.54) is 12.4 Å². The molecule has 1 aromatic rings. The molecule has 6 nitrogen and oxygen atoms in total. The summed E-state index contributed by atoms with van der Waals surface area (Å²) in [5.41, 5.74) is 0. The predicted octanol–water partition coefficient (Wildman–Crippen LogP) is 0.869. The van der Waals surface area contributed by atoms with Crippen molar-refractivity contribution in [3.05, 3.63) is 24.3 Å². The minimum atomic E-state index is -5.00. The summed E-state index contributed by atoms with van der Waals surface area (Å²) < 4.78 is 45.9. The Balaban J connectivity index is 2.18. The molecule has 0 heterocycles. The van der Waals surface area contributed by atoms with E-state index in [-0.39, 0.29) is 13.2 Å². The molecule has 1 rings (SSSR count). The molecule has 0 spiro atoms. The SMILES string of the molecule is COc1ccc(OCCNC(=O)CNC(=O)C(F)(F)F)cc1. The standard InChI is InChI=1S/C13H15F3N2O4/c1-21-9-2-4-10(5-3-9)22-7-6-17-11(19)8-18-12(20)13(14,15)16/h2-5H,6-8H2,1H3,(H,17,19)(H,18,20). The number of carbonyl (C=O) groups excluding carboxylic acids is 2. The van der Waals surface area contributed by atoms with Gasteiger partial charge in [-0.3, -0.25) is 9.59 Å². The van der Waals surface area contributed by atoms with Crippen LogP contribution in [0.2, 0.25) is 0 Å². The van der Waals surface area contributed by atoms with E-state index in [1.54, 1.807) is 24.3 Å². The highest BCUT2D eigenvalue weighted by molar-refractivity contribution is 5.87. The molecular formula is C13H15F3N2O4. The van der Waals surface area contributed by atoms with Crippen molar-refractivity contribution in [3.8, 4) is 11.5 Å². The van der Waals surface area contributed by atoms with E-state index in [0.717, 1.165) is 0 Å². The molecule has 0 aliphatic heterocycles. The van der Waals surface area contributed by atoms with E-state index in [1.807, 2.05) is 0 Å². The van der Waals surface area contributed by atoms with Gasteiger partial charge in [-0.2, -0.15) is 13.2 Å². The van der Waals surface area contributed by atoms with Crippen LogP contribution in [0.25, 0.3) is 0 Å². The minimum Gasteiger partial charge on any atom is -0.497 e. The van der Waals surface area contributed by atoms with Crippen LogP contribution in [-0.2, 0) is 9.59 Å². The Kier molecular flexibility index (Phi) is 6.48. The summed E-state index contributed by atoms with van der Waals surface area (Å²) in [5, 5.41) is 3.77. The normalized spacial score (nSPS) is 10.7. The third-order valence-electron chi connectivity index (χ3n) is 2.42. The summed E-state index contributed by atoms with van der Waals surface area (Å²) in [6.07, 6.45) is -5.00. The number of alkyl halides is 3. The number of carbonyl (C=O) groups is 2. The molecule has 1 aromatic carbocycles. The first-order valence-corrected chi connectivity index (χ1v) is 6.21. The summed E-state index contributed by atoms with van der Waals surface area (Å²) in [6.45, 7) is -0.529. The Morgan fingerprint density at radius 2 is 1.68 bits per heavy atom. The summed E-state index contributed by atoms with van der Waals surface area (Å²) in [6, 6.07) is 6.73. The molecule has 0 radical (unpaired) electrons. The zero-order valence-electron chi connectivity index (χ0n) is 11.7. The fourth-order valence-corrected chi connectivity index (χ4v) is 1.35. The van der Waals surface area contributed by atoms with Crippen molar-refractivity contribution in [1.82, 2.24) is 10.6 Å². The average molecular weight is 320 g/mol. The van der Waals surface area contributed by atoms with Crippen LogP contribution in [0.15, 0.2) is 24.3 Å². The van der Waals surface area contributed by atoms with Gasteiger partial charge in [-0.15, -0.1) is 0 Å². The van der Waals surface area contributed by atoms with E-state index < -0.39 is 24.5 Å². The van der Waals surface area contributed by atoms with Gasteiger partial charge in [-0.1, -0.05) is 0 Å². The zero-order chi connectivity index (χ0) is 16.6. The van der Waals surface area contributed by atoms with Gasteiger partial charge in [0.2, 0.25) is 5.91 Å². The van der Waals surface area contributed by atoms with E-state index in [2.05, 4.69) is 5.32 Å². The maximum Gasteiger partial charge on any atom is 0.471 e. The number of rotatable bonds is 7. The summed E-state index contributed by atoms with van der Waals surface area (Å²) in [5.74, 6) is -1.67. The van der Waals surface area contributed by atoms with Crippen molar-refractivity contribution < 1.29 is 32.2 Å². The monoisotopic (exact) mass is 320 g/mol. The number of hydrogen-bond donors (Lipinski definition) is 2. The highest BCUT2D eigenvalue weighted by Gasteiger charge is 2.38. The fourth-order valence-electron chi connectivity index (χ4n) is 1.35. The summed E-state index contributed by atoms with van der Waals surface area (Å²) in [4.78, 5) is 21.7. The number of benzene rings is 1. The second kappa shape index (κ2) is 8.11. The van der Waals surface area contributed by atoms with Crippen LogP contribution in [0, 0.1) is 0 Å². The molecule has 9 heteroatoms. The first-order valence-electron chi connectivity index (χ1n) is 6.21. The summed E-state index contributed by atoms with van der Waals surface area (Å²) in [7, 11) is 1.53. The Hall–Kier alpha value is -2.45. The topological polar surface area (TPSA) is 76.7 Å². The Labute approximate surface area is 124 Å². The Morgan fingerprint density at radius 3 is 2.23 bits per heavy atom. The second-order valence-corrected chi connectivity index (χ2v) is 4.05. The van der Waals surface area contributed by atoms with E-state index in [4.69, 9.17) is 9.47 Å². The van der Waals surface area contributed by atoms with Gasteiger partial charge in [0.25, 0.3) is 0 Å². The van der Waals surface area contributed by atoms with Gasteiger partial charge in [0.1, 0.15) is 18.1 Å². The maximum absolute atomic E-state index is 11.9. The van der Waals surface area contributed by atoms with Crippen LogP contribution < -0.4 is 20.1 Å². The molecular weight excluding hydrogens is 305 g/mol. The van der Waals surface area contributed by atoms with Crippen LogP contribution in [0.3, 0.4) is 0 Å². The molecule has 0 bridgehead atoms. The lowest BCUT2D eigenvalue weighted by atomic mass is 10.3. The van der Waals surface area contributed by atoms with Crippen molar-refractivity contribution in [3.63, 3.8) is 0 Å². The lowest BCUT2D eigenvalue weighted by Crippen LogP contribution is -2.43. The third-order valence-corrected chi connectivity index (χ3v) is 2.42. The van der Waals surface area contributed by atoms with Gasteiger partial charge in [0.15, 0.2) is 0 Å². The summed E-state index contributed by atoms with van der Waals surface area (Å²) >= 11 is 0. The first-order chi connectivity index (χ1) is 10.3. The fraction of sp³-hybridized carbons (Fsp3) is 0.385. The maximum atomic E-state index is 11.9. The lowest BCUT2D eigenvalue weighted by Gasteiger charge is -2.10. The molecule has 0 aliphatic rings. The second-order valence-electron chi connectivity index (χ2n) is 4.05. The zero-order valence-corrected chi connectivity index (χ0v) is 11.7. The molecule has 122 valence electrons. The van der Waals surface area contributed by atoms with Crippen LogP contribution >= 0.6 is 0 Å². The first kappa shape index (κ1) is 17.6. The van der Waals surface area contributed by atoms with Gasteiger partial charge in [-0.05, 0) is 24.3 Å². The molecule has 0 saturated carbocycles. The highest BCUT2D eigenvalue weighted by atomic mass is 19.4. The highest BCUT2D eigenvalue weighted by Crippen LogP contribution is 2.16. The molecule has 0 aromatic heterocycles. The van der Waals surface area contributed by atoms with Gasteiger partial charge < -0.3 is 20.1 Å². The van der Waals surface area contributed by atoms with Crippen LogP contribution in [0.4, 0.5) is 13.2 Å². The molecule has 0 unspecified atom stereocenters. The minimum absolute atomic E-state index is 0.0900. The number of amides is 2. The van der Waals surface area contributed by atoms with Gasteiger partial charge in [0, 0.05) is 0 Å². The quantitative estimate of drug-likeness (QED) is 0.731. The number of nitrogens with one attached hydrogen (secondary N) is 2. The van der Waals surface area contributed by atoms with Crippen LogP contribution in [0.1, 0.15) is 0 Å². The van der Waals surface area contributed by atoms with Crippen molar-refractivity contribution in [2.24, 2.45) is 0 Å². The van der Waals surface area contributed by atoms with Crippen molar-refractivity contribution in [2.45, 2.75) is 6.18 Å². The smallest absolute Gasteiger partial charge is 0.471 e. The Bertz CT molecular complexity index is 503. The van der Waals surface area contributed by atoms with Gasteiger partial charge in [-0.25, -0.2) is 0 Å². The van der Waals surface area contributed by atoms with E-state index >= 15 is 0 Å². The Morgan fingerprint density at radius 1 is 1.09 bits per heavy atom. The number of ether oxygens (including phenoxy) is 2. The molecule has 0 aliphatic carbocycles. The molecule has 0 saturated heterocycles. The predicted molar refractivity (Wildman–Crippen MR) is 70.6 cm³/mol. The van der Waals surface area contributed by atoms with Gasteiger partial charge in [0.05, 0.1) is 20.2 Å². The van der Waals surface area contributed by atoms with E-state index in [0.29, 0.717) is 11.5 Å².